The van der Waals surface area contributed by atoms with Gasteiger partial charge in [-0.15, -0.1) is 0 Å². The molecule has 0 aromatic rings. The highest BCUT2D eigenvalue weighted by Crippen LogP contribution is 2.36. The Morgan fingerprint density at radius 1 is 1.41 bits per heavy atom. The molecule has 1 fully saturated rings. The Kier molecular flexibility index (Phi) is 3.59. The van der Waals surface area contributed by atoms with E-state index >= 15 is 0 Å². The van der Waals surface area contributed by atoms with Gasteiger partial charge in [-0.2, -0.15) is 13.2 Å². The molecule has 1 aliphatic heterocycles. The maximum atomic E-state index is 12.4. The maximum Gasteiger partial charge on any atom is 0.419 e. The number of hydrogen-bond donors (Lipinski definition) is 0. The van der Waals surface area contributed by atoms with Crippen LogP contribution in [0.4, 0.5) is 13.2 Å². The molecule has 1 heterocycles. The highest BCUT2D eigenvalue weighted by molar-refractivity contribution is 5.25. The largest absolute Gasteiger partial charge is 0.498 e. The van der Waals surface area contributed by atoms with Gasteiger partial charge in [0.05, 0.1) is 17.9 Å². The number of rotatable bonds is 3. The molecular weight excluding hydrogens is 233 g/mol. The van der Waals surface area contributed by atoms with Gasteiger partial charge in [0.1, 0.15) is 11.4 Å². The van der Waals surface area contributed by atoms with Crippen molar-refractivity contribution in [3.05, 3.63) is 36.8 Å². The molecule has 0 radical (unpaired) electrons. The summed E-state index contributed by atoms with van der Waals surface area (Å²) in [6, 6.07) is 0. The van der Waals surface area contributed by atoms with Gasteiger partial charge in [0.15, 0.2) is 0 Å². The van der Waals surface area contributed by atoms with Gasteiger partial charge in [-0.3, -0.25) is 0 Å². The molecule has 0 N–H and O–H groups in total. The molecule has 0 saturated carbocycles. The van der Waals surface area contributed by atoms with E-state index in [-0.39, 0.29) is 0 Å². The lowest BCUT2D eigenvalue weighted by Crippen LogP contribution is -2.35. The van der Waals surface area contributed by atoms with Gasteiger partial charge in [-0.25, -0.2) is 0 Å². The average Bonchev–Trinajstić information content (AvgIpc) is 2.13. The smallest absolute Gasteiger partial charge is 0.419 e. The zero-order valence-electron chi connectivity index (χ0n) is 9.69. The van der Waals surface area contributed by atoms with Crippen molar-refractivity contribution in [2.75, 3.05) is 6.61 Å². The summed E-state index contributed by atoms with van der Waals surface area (Å²) in [7, 11) is 0. The van der Waals surface area contributed by atoms with Crippen LogP contribution in [-0.4, -0.2) is 18.4 Å². The fourth-order valence-electron chi connectivity index (χ4n) is 1.57. The van der Waals surface area contributed by atoms with E-state index in [1.807, 2.05) is 0 Å². The van der Waals surface area contributed by atoms with E-state index in [1.54, 1.807) is 6.92 Å². The summed E-state index contributed by atoms with van der Waals surface area (Å²) in [4.78, 5) is 0. The monoisotopic (exact) mass is 248 g/mol. The maximum absolute atomic E-state index is 12.4. The van der Waals surface area contributed by atoms with Crippen molar-refractivity contribution in [1.82, 2.24) is 0 Å². The molecule has 0 aromatic carbocycles. The topological polar surface area (TPSA) is 18.5 Å². The van der Waals surface area contributed by atoms with Gasteiger partial charge < -0.3 is 9.47 Å². The Balaban J connectivity index is 2.68. The van der Waals surface area contributed by atoms with Gasteiger partial charge in [-0.05, 0) is 6.92 Å². The second-order valence-corrected chi connectivity index (χ2v) is 4.27. The number of ether oxygens (including phenoxy) is 2. The Bertz CT molecular complexity index is 357. The van der Waals surface area contributed by atoms with Crippen LogP contribution in [-0.2, 0) is 9.47 Å². The van der Waals surface area contributed by atoms with Gasteiger partial charge in [0.25, 0.3) is 0 Å². The zero-order valence-corrected chi connectivity index (χ0v) is 9.69. The minimum Gasteiger partial charge on any atom is -0.498 e. The summed E-state index contributed by atoms with van der Waals surface area (Å²) in [6.45, 7) is 11.9. The van der Waals surface area contributed by atoms with Crippen LogP contribution in [0.15, 0.2) is 36.8 Å². The molecule has 0 aliphatic carbocycles. The van der Waals surface area contributed by atoms with E-state index in [0.717, 1.165) is 0 Å². The van der Waals surface area contributed by atoms with Crippen LogP contribution in [0.2, 0.25) is 0 Å². The van der Waals surface area contributed by atoms with Crippen LogP contribution in [0.1, 0.15) is 19.8 Å². The number of alkyl halides is 3. The van der Waals surface area contributed by atoms with Crippen LogP contribution >= 0.6 is 0 Å². The lowest BCUT2D eigenvalue weighted by Gasteiger charge is -2.36. The lowest BCUT2D eigenvalue weighted by atomic mass is 9.95. The molecule has 96 valence electrons. The Morgan fingerprint density at radius 2 is 2.00 bits per heavy atom. The van der Waals surface area contributed by atoms with E-state index in [2.05, 4.69) is 19.7 Å². The van der Waals surface area contributed by atoms with Crippen LogP contribution in [0.25, 0.3) is 0 Å². The molecule has 0 amide bonds. The first-order valence-corrected chi connectivity index (χ1v) is 5.09. The fourth-order valence-corrected chi connectivity index (χ4v) is 1.57. The van der Waals surface area contributed by atoms with Crippen molar-refractivity contribution < 1.29 is 22.6 Å². The third-order valence-corrected chi connectivity index (χ3v) is 2.56. The quantitative estimate of drug-likeness (QED) is 0.560. The van der Waals surface area contributed by atoms with E-state index in [4.69, 9.17) is 9.47 Å². The third kappa shape index (κ3) is 3.54. The molecule has 2 nitrogen and oxygen atoms in total. The second-order valence-electron chi connectivity index (χ2n) is 4.27. The summed E-state index contributed by atoms with van der Waals surface area (Å²) >= 11 is 0. The fraction of sp³-hybridized carbons (Fsp3) is 0.500. The average molecular weight is 248 g/mol. The lowest BCUT2D eigenvalue weighted by molar-refractivity contribution is -0.102. The Morgan fingerprint density at radius 3 is 2.47 bits per heavy atom. The van der Waals surface area contributed by atoms with E-state index in [1.165, 1.54) is 0 Å². The highest BCUT2D eigenvalue weighted by atomic mass is 19.4. The predicted molar refractivity (Wildman–Crippen MR) is 58.2 cm³/mol. The highest BCUT2D eigenvalue weighted by Gasteiger charge is 2.38. The first kappa shape index (κ1) is 13.7. The molecule has 1 unspecified atom stereocenters. The van der Waals surface area contributed by atoms with Gasteiger partial charge >= 0.3 is 6.18 Å². The molecule has 1 saturated heterocycles. The van der Waals surface area contributed by atoms with Crippen LogP contribution in [0.3, 0.4) is 0 Å². The third-order valence-electron chi connectivity index (χ3n) is 2.56. The van der Waals surface area contributed by atoms with Crippen molar-refractivity contribution in [1.29, 1.82) is 0 Å². The number of hydrogen-bond acceptors (Lipinski definition) is 2. The molecule has 0 aromatic heterocycles. The summed E-state index contributed by atoms with van der Waals surface area (Å²) in [5, 5.41) is 0. The van der Waals surface area contributed by atoms with Crippen LogP contribution in [0.5, 0.6) is 0 Å². The molecular formula is C12H15F3O2. The van der Waals surface area contributed by atoms with E-state index in [9.17, 15) is 13.2 Å². The van der Waals surface area contributed by atoms with E-state index in [0.29, 0.717) is 25.2 Å². The summed E-state index contributed by atoms with van der Waals surface area (Å²) < 4.78 is 47.5. The van der Waals surface area contributed by atoms with Gasteiger partial charge in [0, 0.05) is 12.8 Å². The Labute approximate surface area is 98.4 Å². The zero-order chi connectivity index (χ0) is 13.3. The van der Waals surface area contributed by atoms with Gasteiger partial charge in [-0.1, -0.05) is 19.7 Å². The first-order valence-electron chi connectivity index (χ1n) is 5.09. The first-order chi connectivity index (χ1) is 7.64. The van der Waals surface area contributed by atoms with Crippen LogP contribution in [0, 0.1) is 0 Å². The minimum atomic E-state index is -4.52. The second kappa shape index (κ2) is 4.47. The molecule has 0 spiro atoms. The van der Waals surface area contributed by atoms with Crippen molar-refractivity contribution in [3.8, 4) is 0 Å². The number of halogens is 3. The van der Waals surface area contributed by atoms with Crippen molar-refractivity contribution in [2.24, 2.45) is 0 Å². The molecule has 1 aliphatic rings. The van der Waals surface area contributed by atoms with Crippen molar-refractivity contribution >= 4 is 0 Å². The molecule has 1 atom stereocenters. The SMILES string of the molecule is C=C1CC(C)(OC(=C)C(=C)C(F)(F)F)CCO1. The standard InChI is InChI=1S/C12H15F3O2/c1-8-7-11(4,5-6-16-8)17-10(3)9(2)12(13,14)15/h1-3,5-7H2,4H3. The molecule has 5 heteroatoms. The summed E-state index contributed by atoms with van der Waals surface area (Å²) in [5.41, 5.74) is -1.82. The minimum absolute atomic E-state index is 0.344. The van der Waals surface area contributed by atoms with E-state index < -0.39 is 23.1 Å². The summed E-state index contributed by atoms with van der Waals surface area (Å²) in [6.07, 6.45) is -3.69. The molecule has 0 bridgehead atoms. The van der Waals surface area contributed by atoms with Crippen molar-refractivity contribution in [3.63, 3.8) is 0 Å². The predicted octanol–water partition coefficient (Wildman–Crippen LogP) is 3.72. The molecule has 17 heavy (non-hydrogen) atoms. The normalized spacial score (nSPS) is 25.1. The van der Waals surface area contributed by atoms with Crippen LogP contribution < -0.4 is 0 Å². The summed E-state index contributed by atoms with van der Waals surface area (Å²) in [5.74, 6) is 0.0545. The Hall–Kier alpha value is -1.39. The van der Waals surface area contributed by atoms with Crippen molar-refractivity contribution in [2.45, 2.75) is 31.5 Å². The van der Waals surface area contributed by atoms with Gasteiger partial charge in [0.2, 0.25) is 0 Å². The number of allylic oxidation sites excluding steroid dienone is 1. The molecule has 1 rings (SSSR count).